The van der Waals surface area contributed by atoms with Crippen molar-refractivity contribution < 1.29 is 19.8 Å². The van der Waals surface area contributed by atoms with Crippen molar-refractivity contribution in [2.45, 2.75) is 24.6 Å². The average molecular weight is 239 g/mol. The molecule has 0 saturated heterocycles. The van der Waals surface area contributed by atoms with Crippen LogP contribution < -0.4 is 0 Å². The van der Waals surface area contributed by atoms with Gasteiger partial charge in [-0.3, -0.25) is 9.59 Å². The van der Waals surface area contributed by atoms with Crippen molar-refractivity contribution >= 4 is 27.9 Å². The van der Waals surface area contributed by atoms with E-state index in [1.807, 2.05) is 0 Å². The molecular weight excluding hydrogens is 228 g/mol. The number of alkyl halides is 1. The first-order chi connectivity index (χ1) is 5.28. The Morgan fingerprint density at radius 2 is 1.92 bits per heavy atom. The van der Waals surface area contributed by atoms with Crippen LogP contribution in [0.5, 0.6) is 0 Å². The topological polar surface area (TPSA) is 74.6 Å². The van der Waals surface area contributed by atoms with Gasteiger partial charge in [0.25, 0.3) is 0 Å². The van der Waals surface area contributed by atoms with E-state index in [-0.39, 0.29) is 6.42 Å². The lowest BCUT2D eigenvalue weighted by Gasteiger charge is -2.23. The van der Waals surface area contributed by atoms with Gasteiger partial charge in [-0.25, -0.2) is 0 Å². The molecule has 0 aliphatic heterocycles. The molecule has 0 spiro atoms. The summed E-state index contributed by atoms with van der Waals surface area (Å²) in [6, 6.07) is 0. The molecule has 0 heterocycles. The monoisotopic (exact) mass is 238 g/mol. The van der Waals surface area contributed by atoms with Crippen molar-refractivity contribution in [1.82, 2.24) is 0 Å². The zero-order valence-electron chi connectivity index (χ0n) is 6.87. The molecule has 12 heavy (non-hydrogen) atoms. The largest absolute Gasteiger partial charge is 0.481 e. The third-order valence-electron chi connectivity index (χ3n) is 1.82. The highest BCUT2D eigenvalue weighted by atomic mass is 79.9. The molecule has 0 aromatic heterocycles. The predicted molar refractivity (Wildman–Crippen MR) is 46.4 cm³/mol. The van der Waals surface area contributed by atoms with E-state index < -0.39 is 22.2 Å². The minimum absolute atomic E-state index is 0.159. The maximum Gasteiger partial charge on any atom is 0.320 e. The van der Waals surface area contributed by atoms with Crippen molar-refractivity contribution in [3.05, 3.63) is 0 Å². The molecule has 2 N–H and O–H groups in total. The van der Waals surface area contributed by atoms with Crippen LogP contribution in [0.25, 0.3) is 0 Å². The van der Waals surface area contributed by atoms with Crippen LogP contribution in [0.2, 0.25) is 0 Å². The number of carboxylic acid groups (broad SMARTS) is 2. The van der Waals surface area contributed by atoms with Crippen LogP contribution in [0.3, 0.4) is 0 Å². The standard InChI is InChI=1S/C7H11BrO4/c1-4(3-5(9)10)7(2,8)6(11)12/h4H,3H2,1-2H3,(H,9,10)(H,11,12)/t4?,7-/m1/s1. The first-order valence-corrected chi connectivity index (χ1v) is 4.22. The molecule has 5 heteroatoms. The van der Waals surface area contributed by atoms with E-state index in [0.29, 0.717) is 0 Å². The molecule has 0 aromatic carbocycles. The van der Waals surface area contributed by atoms with E-state index in [1.165, 1.54) is 6.92 Å². The van der Waals surface area contributed by atoms with Gasteiger partial charge in [0.15, 0.2) is 0 Å². The highest BCUT2D eigenvalue weighted by molar-refractivity contribution is 9.10. The molecule has 0 aliphatic rings. The fourth-order valence-corrected chi connectivity index (χ4v) is 0.826. The molecule has 0 rings (SSSR count). The van der Waals surface area contributed by atoms with E-state index in [9.17, 15) is 9.59 Å². The van der Waals surface area contributed by atoms with Crippen molar-refractivity contribution in [2.75, 3.05) is 0 Å². The van der Waals surface area contributed by atoms with Gasteiger partial charge in [0.2, 0.25) is 0 Å². The lowest BCUT2D eigenvalue weighted by atomic mass is 9.93. The van der Waals surface area contributed by atoms with Crippen molar-refractivity contribution in [3.63, 3.8) is 0 Å². The third-order valence-corrected chi connectivity index (χ3v) is 2.95. The van der Waals surface area contributed by atoms with E-state index in [0.717, 1.165) is 0 Å². The summed E-state index contributed by atoms with van der Waals surface area (Å²) in [6.07, 6.45) is -0.159. The smallest absolute Gasteiger partial charge is 0.320 e. The number of aliphatic carboxylic acids is 2. The second-order valence-electron chi connectivity index (χ2n) is 2.88. The summed E-state index contributed by atoms with van der Waals surface area (Å²) in [6.45, 7) is 3.03. The number of carbonyl (C=O) groups is 2. The summed E-state index contributed by atoms with van der Waals surface area (Å²) in [5, 5.41) is 17.1. The minimum Gasteiger partial charge on any atom is -0.481 e. The summed E-state index contributed by atoms with van der Waals surface area (Å²) < 4.78 is -1.16. The molecule has 0 amide bonds. The maximum atomic E-state index is 10.6. The third kappa shape index (κ3) is 2.81. The van der Waals surface area contributed by atoms with Gasteiger partial charge in [-0.1, -0.05) is 22.9 Å². The van der Waals surface area contributed by atoms with Gasteiger partial charge in [-0.15, -0.1) is 0 Å². The Balaban J connectivity index is 4.35. The second-order valence-corrected chi connectivity index (χ2v) is 4.53. The minimum atomic E-state index is -1.16. The molecule has 0 aliphatic carbocycles. The predicted octanol–water partition coefficient (Wildman–Crippen LogP) is 1.34. The molecule has 1 unspecified atom stereocenters. The zero-order valence-corrected chi connectivity index (χ0v) is 8.46. The number of hydrogen-bond acceptors (Lipinski definition) is 2. The summed E-state index contributed by atoms with van der Waals surface area (Å²) in [5.74, 6) is -2.49. The van der Waals surface area contributed by atoms with Crippen LogP contribution in [0.4, 0.5) is 0 Å². The Bertz CT molecular complexity index is 200. The number of carboxylic acids is 2. The molecule has 2 atom stereocenters. The average Bonchev–Trinajstić information content (AvgIpc) is 1.85. The SMILES string of the molecule is CC(CC(=O)O)[C@@](C)(Br)C(=O)O. The quantitative estimate of drug-likeness (QED) is 0.726. The summed E-state index contributed by atoms with van der Waals surface area (Å²) in [7, 11) is 0. The van der Waals surface area contributed by atoms with Crippen molar-refractivity contribution in [3.8, 4) is 0 Å². The Kier molecular flexibility index (Phi) is 3.70. The van der Waals surface area contributed by atoms with Crippen LogP contribution in [0, 0.1) is 5.92 Å². The first kappa shape index (κ1) is 11.4. The Morgan fingerprint density at radius 1 is 1.50 bits per heavy atom. The molecule has 0 bridgehead atoms. The Hall–Kier alpha value is -0.580. The Labute approximate surface area is 78.7 Å². The van der Waals surface area contributed by atoms with Gasteiger partial charge in [0.05, 0.1) is 0 Å². The van der Waals surface area contributed by atoms with E-state index >= 15 is 0 Å². The van der Waals surface area contributed by atoms with Crippen molar-refractivity contribution in [1.29, 1.82) is 0 Å². The van der Waals surface area contributed by atoms with Crippen LogP contribution in [-0.4, -0.2) is 26.5 Å². The van der Waals surface area contributed by atoms with E-state index in [2.05, 4.69) is 15.9 Å². The molecule has 0 fully saturated rings. The lowest BCUT2D eigenvalue weighted by molar-refractivity contribution is -0.142. The van der Waals surface area contributed by atoms with Gasteiger partial charge in [-0.2, -0.15) is 0 Å². The summed E-state index contributed by atoms with van der Waals surface area (Å²) in [5.41, 5.74) is 0. The van der Waals surface area contributed by atoms with E-state index in [1.54, 1.807) is 6.92 Å². The zero-order chi connectivity index (χ0) is 9.94. The van der Waals surface area contributed by atoms with Crippen molar-refractivity contribution in [2.24, 2.45) is 5.92 Å². The van der Waals surface area contributed by atoms with Gasteiger partial charge in [0, 0.05) is 6.42 Å². The molecule has 4 nitrogen and oxygen atoms in total. The number of halogens is 1. The molecule has 0 aromatic rings. The van der Waals surface area contributed by atoms with Gasteiger partial charge in [0.1, 0.15) is 4.32 Å². The summed E-state index contributed by atoms with van der Waals surface area (Å²) in [4.78, 5) is 20.9. The number of hydrogen-bond donors (Lipinski definition) is 2. The van der Waals surface area contributed by atoms with Crippen LogP contribution in [0.1, 0.15) is 20.3 Å². The fourth-order valence-electron chi connectivity index (χ4n) is 0.664. The van der Waals surface area contributed by atoms with Gasteiger partial charge in [-0.05, 0) is 12.8 Å². The first-order valence-electron chi connectivity index (χ1n) is 3.42. The normalized spacial score (nSPS) is 17.9. The molecule has 0 radical (unpaired) electrons. The van der Waals surface area contributed by atoms with Crippen LogP contribution in [-0.2, 0) is 9.59 Å². The Morgan fingerprint density at radius 3 is 2.17 bits per heavy atom. The van der Waals surface area contributed by atoms with Crippen LogP contribution >= 0.6 is 15.9 Å². The molecule has 70 valence electrons. The maximum absolute atomic E-state index is 10.6. The fraction of sp³-hybridized carbons (Fsp3) is 0.714. The second kappa shape index (κ2) is 3.89. The highest BCUT2D eigenvalue weighted by Crippen LogP contribution is 2.29. The molecule has 0 saturated carbocycles. The summed E-state index contributed by atoms with van der Waals surface area (Å²) >= 11 is 2.98. The molecular formula is C7H11BrO4. The number of rotatable bonds is 4. The van der Waals surface area contributed by atoms with Gasteiger partial charge < -0.3 is 10.2 Å². The van der Waals surface area contributed by atoms with Crippen LogP contribution in [0.15, 0.2) is 0 Å². The van der Waals surface area contributed by atoms with E-state index in [4.69, 9.17) is 10.2 Å². The highest BCUT2D eigenvalue weighted by Gasteiger charge is 2.37. The lowest BCUT2D eigenvalue weighted by Crippen LogP contribution is -2.36. The van der Waals surface area contributed by atoms with Gasteiger partial charge >= 0.3 is 11.9 Å².